The van der Waals surface area contributed by atoms with Gasteiger partial charge in [-0.2, -0.15) is 0 Å². The lowest BCUT2D eigenvalue weighted by Gasteiger charge is -1.92. The maximum atomic E-state index is 8.83. The van der Waals surface area contributed by atoms with Gasteiger partial charge in [-0.15, -0.1) is 0 Å². The summed E-state index contributed by atoms with van der Waals surface area (Å²) in [6.45, 7) is 0.0186. The van der Waals surface area contributed by atoms with Crippen LogP contribution < -0.4 is 0 Å². The molecule has 0 bridgehead atoms. The van der Waals surface area contributed by atoms with Gasteiger partial charge in [0, 0.05) is 11.6 Å². The van der Waals surface area contributed by atoms with Crippen molar-refractivity contribution in [2.75, 3.05) is 0 Å². The Morgan fingerprint density at radius 3 is 3.08 bits per heavy atom. The molecule has 0 aliphatic heterocycles. The van der Waals surface area contributed by atoms with Gasteiger partial charge in [0.2, 0.25) is 5.71 Å². The van der Waals surface area contributed by atoms with Crippen molar-refractivity contribution in [3.05, 3.63) is 27.7 Å². The number of pyridine rings is 1. The molecule has 0 aromatic carbocycles. The lowest BCUT2D eigenvalue weighted by atomic mass is 10.2. The first kappa shape index (κ1) is 8.00. The Kier molecular flexibility index (Phi) is 2.02. The number of furan rings is 1. The molecular weight excluding hydrogens is 269 g/mol. The molecule has 2 rings (SSSR count). The Morgan fingerprint density at radius 1 is 1.50 bits per heavy atom. The van der Waals surface area contributed by atoms with Crippen LogP contribution in [0.2, 0.25) is 0 Å². The van der Waals surface area contributed by atoms with Crippen LogP contribution in [0.5, 0.6) is 0 Å². The van der Waals surface area contributed by atoms with Crippen molar-refractivity contribution in [2.24, 2.45) is 0 Å². The number of hydrogen-bond acceptors (Lipinski definition) is 3. The van der Waals surface area contributed by atoms with Gasteiger partial charge in [-0.3, -0.25) is 0 Å². The van der Waals surface area contributed by atoms with E-state index in [-0.39, 0.29) is 6.61 Å². The molecule has 2 aromatic rings. The maximum Gasteiger partial charge on any atom is 0.227 e. The topological polar surface area (TPSA) is 46.3 Å². The van der Waals surface area contributed by atoms with Crippen LogP contribution in [-0.2, 0) is 6.61 Å². The van der Waals surface area contributed by atoms with Crippen LogP contribution in [0.3, 0.4) is 0 Å². The highest BCUT2D eigenvalue weighted by Gasteiger charge is 2.02. The van der Waals surface area contributed by atoms with Crippen molar-refractivity contribution in [3.8, 4) is 0 Å². The van der Waals surface area contributed by atoms with Crippen LogP contribution >= 0.6 is 22.6 Å². The average Bonchev–Trinajstić information content (AvgIpc) is 2.43. The molecule has 12 heavy (non-hydrogen) atoms. The Morgan fingerprint density at radius 2 is 2.33 bits per heavy atom. The zero-order valence-corrected chi connectivity index (χ0v) is 8.28. The Bertz CT molecular complexity index is 410. The molecule has 0 atom stereocenters. The molecule has 0 saturated heterocycles. The zero-order chi connectivity index (χ0) is 8.55. The largest absolute Gasteiger partial charge is 0.432 e. The normalized spacial score (nSPS) is 10.8. The molecule has 0 spiro atoms. The maximum absolute atomic E-state index is 8.83. The molecule has 0 aliphatic carbocycles. The Hall–Kier alpha value is -0.620. The molecule has 0 aliphatic rings. The van der Waals surface area contributed by atoms with E-state index in [1.807, 2.05) is 12.1 Å². The van der Waals surface area contributed by atoms with Crippen LogP contribution in [0.15, 0.2) is 22.7 Å². The third kappa shape index (κ3) is 1.32. The molecule has 0 unspecified atom stereocenters. The number of nitrogens with zero attached hydrogens (tertiary/aromatic N) is 1. The van der Waals surface area contributed by atoms with Crippen molar-refractivity contribution < 1.29 is 9.52 Å². The van der Waals surface area contributed by atoms with Crippen molar-refractivity contribution in [3.63, 3.8) is 0 Å². The number of rotatable bonds is 1. The second-order valence-electron chi connectivity index (χ2n) is 2.45. The summed E-state index contributed by atoms with van der Waals surface area (Å²) in [7, 11) is 0. The minimum atomic E-state index is 0.0186. The molecule has 0 fully saturated rings. The van der Waals surface area contributed by atoms with Crippen LogP contribution in [0.4, 0.5) is 0 Å². The Balaban J connectivity index is 2.66. The highest BCUT2D eigenvalue weighted by molar-refractivity contribution is 14.1. The third-order valence-electron chi connectivity index (χ3n) is 1.58. The van der Waals surface area contributed by atoms with Crippen molar-refractivity contribution >= 4 is 33.7 Å². The molecule has 2 heterocycles. The first-order valence-electron chi connectivity index (χ1n) is 3.44. The fraction of sp³-hybridized carbons (Fsp3) is 0.125. The smallest absolute Gasteiger partial charge is 0.227 e. The van der Waals surface area contributed by atoms with Crippen LogP contribution in [0.25, 0.3) is 11.1 Å². The fourth-order valence-corrected chi connectivity index (χ4v) is 1.58. The summed E-state index contributed by atoms with van der Waals surface area (Å²) >= 11 is 2.09. The van der Waals surface area contributed by atoms with Crippen molar-refractivity contribution in [2.45, 2.75) is 6.61 Å². The van der Waals surface area contributed by atoms with Crippen LogP contribution in [0, 0.1) is 3.77 Å². The third-order valence-corrected chi connectivity index (χ3v) is 2.11. The fourth-order valence-electron chi connectivity index (χ4n) is 1.03. The van der Waals surface area contributed by atoms with Gasteiger partial charge in [-0.05, 0) is 40.3 Å². The summed E-state index contributed by atoms with van der Waals surface area (Å²) in [6.07, 6.45) is 1.61. The molecule has 0 saturated carbocycles. The lowest BCUT2D eigenvalue weighted by Crippen LogP contribution is -1.83. The van der Waals surface area contributed by atoms with E-state index >= 15 is 0 Å². The van der Waals surface area contributed by atoms with Gasteiger partial charge >= 0.3 is 0 Å². The predicted octanol–water partition coefficient (Wildman–Crippen LogP) is 1.92. The van der Waals surface area contributed by atoms with E-state index in [9.17, 15) is 0 Å². The van der Waals surface area contributed by atoms with E-state index in [1.54, 1.807) is 6.20 Å². The molecule has 0 radical (unpaired) electrons. The van der Waals surface area contributed by atoms with Crippen molar-refractivity contribution in [1.82, 2.24) is 4.98 Å². The predicted molar refractivity (Wildman–Crippen MR) is 52.6 cm³/mol. The molecule has 3 nitrogen and oxygen atoms in total. The van der Waals surface area contributed by atoms with E-state index < -0.39 is 0 Å². The van der Waals surface area contributed by atoms with Gasteiger partial charge in [0.15, 0.2) is 3.77 Å². The molecule has 62 valence electrons. The quantitative estimate of drug-likeness (QED) is 0.809. The lowest BCUT2D eigenvalue weighted by molar-refractivity contribution is 0.281. The minimum absolute atomic E-state index is 0.0186. The number of halogens is 1. The van der Waals surface area contributed by atoms with E-state index in [0.29, 0.717) is 5.71 Å². The summed E-state index contributed by atoms with van der Waals surface area (Å²) in [5, 5.41) is 9.77. The monoisotopic (exact) mass is 275 g/mol. The summed E-state index contributed by atoms with van der Waals surface area (Å²) in [5.74, 6) is 0. The molecule has 2 aromatic heterocycles. The number of aliphatic hydroxyl groups excluding tert-OH is 1. The molecule has 1 N–H and O–H groups in total. The van der Waals surface area contributed by atoms with E-state index in [4.69, 9.17) is 9.52 Å². The zero-order valence-electron chi connectivity index (χ0n) is 6.12. The van der Waals surface area contributed by atoms with E-state index in [1.165, 1.54) is 0 Å². The number of hydrogen-bond donors (Lipinski definition) is 1. The second kappa shape index (κ2) is 3.02. The average molecular weight is 275 g/mol. The van der Waals surface area contributed by atoms with Crippen LogP contribution in [0.1, 0.15) is 5.56 Å². The number of aromatic nitrogens is 1. The summed E-state index contributed by atoms with van der Waals surface area (Å²) in [6, 6.07) is 3.76. The van der Waals surface area contributed by atoms with Gasteiger partial charge in [-0.25, -0.2) is 4.98 Å². The molecule has 0 amide bonds. The Labute approximate surface area is 82.5 Å². The second-order valence-corrected chi connectivity index (χ2v) is 3.51. The molecule has 4 heteroatoms. The molecular formula is C8H6INO2. The van der Waals surface area contributed by atoms with Gasteiger partial charge in [0.05, 0.1) is 6.61 Å². The minimum Gasteiger partial charge on any atom is -0.432 e. The first-order valence-corrected chi connectivity index (χ1v) is 4.52. The van der Waals surface area contributed by atoms with Crippen molar-refractivity contribution in [1.29, 1.82) is 0 Å². The van der Waals surface area contributed by atoms with Gasteiger partial charge in [0.1, 0.15) is 0 Å². The first-order chi connectivity index (χ1) is 5.79. The van der Waals surface area contributed by atoms with E-state index in [0.717, 1.165) is 14.7 Å². The SMILES string of the molecule is OCc1cnc2oc(I)cc2c1. The summed E-state index contributed by atoms with van der Waals surface area (Å²) in [5.41, 5.74) is 1.43. The van der Waals surface area contributed by atoms with Crippen LogP contribution in [-0.4, -0.2) is 10.1 Å². The summed E-state index contributed by atoms with van der Waals surface area (Å²) < 4.78 is 6.07. The van der Waals surface area contributed by atoms with Gasteiger partial charge in [-0.1, -0.05) is 0 Å². The standard InChI is InChI=1S/C8H6INO2/c9-7-2-6-1-5(4-11)3-10-8(6)12-7/h1-3,11H,4H2. The van der Waals surface area contributed by atoms with Gasteiger partial charge in [0.25, 0.3) is 0 Å². The number of aliphatic hydroxyl groups is 1. The highest BCUT2D eigenvalue weighted by atomic mass is 127. The van der Waals surface area contributed by atoms with Gasteiger partial charge < -0.3 is 9.52 Å². The van der Waals surface area contributed by atoms with E-state index in [2.05, 4.69) is 27.6 Å². The number of fused-ring (bicyclic) bond motifs is 1. The highest BCUT2D eigenvalue weighted by Crippen LogP contribution is 2.19. The summed E-state index contributed by atoms with van der Waals surface area (Å²) in [4.78, 5) is 4.04.